The third-order valence-electron chi connectivity index (χ3n) is 5.56. The van der Waals surface area contributed by atoms with Crippen molar-refractivity contribution >= 4 is 5.97 Å². The summed E-state index contributed by atoms with van der Waals surface area (Å²) in [5.74, 6) is -0.272. The zero-order valence-electron chi connectivity index (χ0n) is 16.9. The second-order valence-electron chi connectivity index (χ2n) is 7.68. The molecule has 1 N–H and O–H groups in total. The van der Waals surface area contributed by atoms with Gasteiger partial charge in [-0.3, -0.25) is 14.7 Å². The maximum absolute atomic E-state index is 11.6. The van der Waals surface area contributed by atoms with E-state index in [-0.39, 0.29) is 12.0 Å². The lowest BCUT2D eigenvalue weighted by atomic mass is 9.93. The number of benzene rings is 2. The predicted molar refractivity (Wildman–Crippen MR) is 115 cm³/mol. The van der Waals surface area contributed by atoms with Gasteiger partial charge >= 0.3 is 5.97 Å². The largest absolute Gasteiger partial charge is 0.489 e. The first-order valence-electron chi connectivity index (χ1n) is 10.3. The molecule has 2 unspecified atom stereocenters. The number of piperidine rings is 1. The fourth-order valence-corrected chi connectivity index (χ4v) is 4.06. The number of aliphatic carboxylic acids is 1. The first-order valence-corrected chi connectivity index (χ1v) is 10.3. The van der Waals surface area contributed by atoms with Gasteiger partial charge in [0.2, 0.25) is 0 Å². The van der Waals surface area contributed by atoms with Crippen LogP contribution in [0.5, 0.6) is 5.75 Å². The summed E-state index contributed by atoms with van der Waals surface area (Å²) < 4.78 is 6.03. The van der Waals surface area contributed by atoms with Crippen molar-refractivity contribution in [3.63, 3.8) is 0 Å². The maximum atomic E-state index is 11.6. The number of carbonyl (C=O) groups is 1. The highest BCUT2D eigenvalue weighted by Crippen LogP contribution is 2.33. The van der Waals surface area contributed by atoms with E-state index in [4.69, 9.17) is 4.74 Å². The molecule has 1 aromatic heterocycles. The summed E-state index contributed by atoms with van der Waals surface area (Å²) in [7, 11) is 0. The van der Waals surface area contributed by atoms with Gasteiger partial charge in [-0.15, -0.1) is 0 Å². The van der Waals surface area contributed by atoms with E-state index in [1.807, 2.05) is 66.7 Å². The van der Waals surface area contributed by atoms with E-state index in [1.165, 1.54) is 0 Å². The first-order chi connectivity index (χ1) is 14.7. The van der Waals surface area contributed by atoms with Crippen molar-refractivity contribution in [2.75, 3.05) is 13.1 Å². The molecule has 1 saturated heterocycles. The standard InChI is InChI=1S/C25H26N2O3/c28-25(29)21-11-7-15-27(17-21)24(23-13-4-5-14-26-23)20-10-6-12-22(16-20)30-18-19-8-2-1-3-9-19/h1-6,8-10,12-14,16,21,24H,7,11,15,17-18H2,(H,28,29). The molecule has 2 aromatic carbocycles. The van der Waals surface area contributed by atoms with Crippen LogP contribution in [-0.4, -0.2) is 34.0 Å². The normalized spacial score (nSPS) is 17.9. The Morgan fingerprint density at radius 2 is 1.93 bits per heavy atom. The highest BCUT2D eigenvalue weighted by Gasteiger charge is 2.32. The van der Waals surface area contributed by atoms with Gasteiger partial charge in [0.15, 0.2) is 0 Å². The zero-order chi connectivity index (χ0) is 20.8. The van der Waals surface area contributed by atoms with Crippen molar-refractivity contribution < 1.29 is 14.6 Å². The molecule has 1 aliphatic rings. The number of carboxylic acids is 1. The Morgan fingerprint density at radius 1 is 1.10 bits per heavy atom. The third kappa shape index (κ3) is 4.86. The zero-order valence-corrected chi connectivity index (χ0v) is 16.9. The molecule has 0 bridgehead atoms. The summed E-state index contributed by atoms with van der Waals surface area (Å²) in [5, 5.41) is 9.54. The van der Waals surface area contributed by atoms with Crippen LogP contribution >= 0.6 is 0 Å². The van der Waals surface area contributed by atoms with Crippen molar-refractivity contribution in [1.82, 2.24) is 9.88 Å². The minimum Gasteiger partial charge on any atom is -0.489 e. The van der Waals surface area contributed by atoms with E-state index in [1.54, 1.807) is 6.20 Å². The lowest BCUT2D eigenvalue weighted by molar-refractivity contribution is -0.143. The molecular formula is C25H26N2O3. The van der Waals surface area contributed by atoms with Crippen LogP contribution in [0, 0.1) is 5.92 Å². The van der Waals surface area contributed by atoms with Crippen molar-refractivity contribution in [2.24, 2.45) is 5.92 Å². The van der Waals surface area contributed by atoms with Crippen LogP contribution in [0.4, 0.5) is 0 Å². The van der Waals surface area contributed by atoms with Crippen molar-refractivity contribution in [3.8, 4) is 5.75 Å². The summed E-state index contributed by atoms with van der Waals surface area (Å²) in [6, 6.07) is 23.9. The molecule has 0 radical (unpaired) electrons. The average Bonchev–Trinajstić information content (AvgIpc) is 2.80. The van der Waals surface area contributed by atoms with Crippen LogP contribution in [0.1, 0.15) is 35.7 Å². The van der Waals surface area contributed by atoms with E-state index >= 15 is 0 Å². The molecule has 1 fully saturated rings. The molecule has 5 heteroatoms. The second kappa shape index (κ2) is 9.55. The van der Waals surface area contributed by atoms with Gasteiger partial charge in [-0.2, -0.15) is 0 Å². The fraction of sp³-hybridized carbons (Fsp3) is 0.280. The molecule has 0 amide bonds. The number of hydrogen-bond acceptors (Lipinski definition) is 4. The van der Waals surface area contributed by atoms with E-state index in [0.717, 1.165) is 42.0 Å². The van der Waals surface area contributed by atoms with E-state index in [2.05, 4.69) is 16.0 Å². The summed E-state index contributed by atoms with van der Waals surface area (Å²) >= 11 is 0. The van der Waals surface area contributed by atoms with Gasteiger partial charge in [-0.05, 0) is 54.8 Å². The molecule has 30 heavy (non-hydrogen) atoms. The summed E-state index contributed by atoms with van der Waals surface area (Å²) in [6.45, 7) is 1.87. The number of ether oxygens (including phenoxy) is 1. The monoisotopic (exact) mass is 402 g/mol. The van der Waals surface area contributed by atoms with Gasteiger partial charge in [0.25, 0.3) is 0 Å². The Hall–Kier alpha value is -3.18. The van der Waals surface area contributed by atoms with Crippen LogP contribution in [0.3, 0.4) is 0 Å². The van der Waals surface area contributed by atoms with Crippen LogP contribution < -0.4 is 4.74 Å². The minimum atomic E-state index is -0.723. The summed E-state index contributed by atoms with van der Waals surface area (Å²) in [4.78, 5) is 18.4. The highest BCUT2D eigenvalue weighted by molar-refractivity contribution is 5.70. The predicted octanol–water partition coefficient (Wildman–Crippen LogP) is 4.55. The molecule has 0 spiro atoms. The Kier molecular flexibility index (Phi) is 6.40. The molecule has 3 aromatic rings. The number of rotatable bonds is 7. The molecule has 4 rings (SSSR count). The van der Waals surface area contributed by atoms with Crippen LogP contribution in [0.2, 0.25) is 0 Å². The first kappa shape index (κ1) is 20.1. The number of nitrogens with zero attached hydrogens (tertiary/aromatic N) is 2. The van der Waals surface area contributed by atoms with Crippen LogP contribution in [0.15, 0.2) is 79.0 Å². The van der Waals surface area contributed by atoms with Gasteiger partial charge in [0.05, 0.1) is 17.7 Å². The van der Waals surface area contributed by atoms with E-state index < -0.39 is 5.97 Å². The fourth-order valence-electron chi connectivity index (χ4n) is 4.06. The molecule has 5 nitrogen and oxygen atoms in total. The number of pyridine rings is 1. The number of aromatic nitrogens is 1. The van der Waals surface area contributed by atoms with Crippen LogP contribution in [-0.2, 0) is 11.4 Å². The number of carboxylic acid groups (broad SMARTS) is 1. The van der Waals surface area contributed by atoms with Crippen molar-refractivity contribution in [2.45, 2.75) is 25.5 Å². The van der Waals surface area contributed by atoms with Crippen molar-refractivity contribution in [3.05, 3.63) is 95.8 Å². The van der Waals surface area contributed by atoms with Crippen LogP contribution in [0.25, 0.3) is 0 Å². The maximum Gasteiger partial charge on any atom is 0.307 e. The minimum absolute atomic E-state index is 0.103. The van der Waals surface area contributed by atoms with Gasteiger partial charge < -0.3 is 9.84 Å². The lowest BCUT2D eigenvalue weighted by Crippen LogP contribution is -2.41. The van der Waals surface area contributed by atoms with Gasteiger partial charge in [0, 0.05) is 12.7 Å². The van der Waals surface area contributed by atoms with Gasteiger partial charge in [0.1, 0.15) is 12.4 Å². The number of hydrogen-bond donors (Lipinski definition) is 1. The molecule has 0 aliphatic carbocycles. The Labute approximate surface area is 177 Å². The van der Waals surface area contributed by atoms with Gasteiger partial charge in [-0.25, -0.2) is 0 Å². The SMILES string of the molecule is O=C(O)C1CCCN(C(c2cccc(OCc3ccccc3)c2)c2ccccn2)C1. The smallest absolute Gasteiger partial charge is 0.307 e. The molecule has 154 valence electrons. The molecule has 2 heterocycles. The summed E-state index contributed by atoms with van der Waals surface area (Å²) in [6.07, 6.45) is 3.38. The average molecular weight is 402 g/mol. The molecule has 2 atom stereocenters. The number of likely N-dealkylation sites (tertiary alicyclic amines) is 1. The molecule has 0 saturated carbocycles. The second-order valence-corrected chi connectivity index (χ2v) is 7.68. The summed E-state index contributed by atoms with van der Waals surface area (Å²) in [5.41, 5.74) is 3.10. The van der Waals surface area contributed by atoms with Gasteiger partial charge in [-0.1, -0.05) is 48.5 Å². The Morgan fingerprint density at radius 3 is 2.70 bits per heavy atom. The van der Waals surface area contributed by atoms with E-state index in [9.17, 15) is 9.90 Å². The Balaban J connectivity index is 1.60. The highest BCUT2D eigenvalue weighted by atomic mass is 16.5. The Bertz CT molecular complexity index is 962. The lowest BCUT2D eigenvalue weighted by Gasteiger charge is -2.37. The van der Waals surface area contributed by atoms with Crippen molar-refractivity contribution in [1.29, 1.82) is 0 Å². The quantitative estimate of drug-likeness (QED) is 0.628. The topological polar surface area (TPSA) is 62.7 Å². The van der Waals surface area contributed by atoms with E-state index in [0.29, 0.717) is 13.2 Å². The third-order valence-corrected chi connectivity index (χ3v) is 5.56. The molecular weight excluding hydrogens is 376 g/mol. The molecule has 1 aliphatic heterocycles.